The Balaban J connectivity index is 1.63. The molecule has 0 amide bonds. The number of hydrogen-bond acceptors (Lipinski definition) is 2. The molecule has 0 saturated carbocycles. The normalized spacial score (nSPS) is 20.9. The van der Waals surface area contributed by atoms with Crippen molar-refractivity contribution < 1.29 is 0 Å². The molecule has 2 rings (SSSR count). The van der Waals surface area contributed by atoms with E-state index in [0.717, 1.165) is 6.54 Å². The molecule has 17 heavy (non-hydrogen) atoms. The number of hydrogen-bond donors (Lipinski definition) is 1. The summed E-state index contributed by atoms with van der Waals surface area (Å²) in [7, 11) is 0. The fourth-order valence-corrected chi connectivity index (χ4v) is 2.75. The van der Waals surface area contributed by atoms with Gasteiger partial charge in [-0.05, 0) is 50.8 Å². The van der Waals surface area contributed by atoms with E-state index in [4.69, 9.17) is 5.73 Å². The molecule has 1 aromatic rings. The molecule has 1 fully saturated rings. The zero-order valence-corrected chi connectivity index (χ0v) is 10.6. The van der Waals surface area contributed by atoms with Gasteiger partial charge in [-0.15, -0.1) is 0 Å². The third-order valence-corrected chi connectivity index (χ3v) is 3.77. The molecule has 0 aromatic heterocycles. The van der Waals surface area contributed by atoms with Crippen molar-refractivity contribution in [1.82, 2.24) is 4.90 Å². The average molecular weight is 232 g/mol. The molecule has 0 bridgehead atoms. The van der Waals surface area contributed by atoms with E-state index in [1.807, 2.05) is 0 Å². The minimum absolute atomic E-state index is 0.659. The van der Waals surface area contributed by atoms with Gasteiger partial charge in [-0.1, -0.05) is 30.3 Å². The van der Waals surface area contributed by atoms with Gasteiger partial charge in [-0.25, -0.2) is 0 Å². The SMILES string of the molecule is NCC1CCCN1CCCCc1ccccc1. The van der Waals surface area contributed by atoms with Gasteiger partial charge in [-0.3, -0.25) is 4.90 Å². The van der Waals surface area contributed by atoms with Crippen LogP contribution < -0.4 is 5.73 Å². The Labute approximate surface area is 105 Å². The molecule has 2 N–H and O–H groups in total. The standard InChI is InChI=1S/C15H24N2/c16-13-15-10-6-12-17(15)11-5-4-9-14-7-2-1-3-8-14/h1-3,7-8,15H,4-6,9-13,16H2. The van der Waals surface area contributed by atoms with Gasteiger partial charge in [0.2, 0.25) is 0 Å². The van der Waals surface area contributed by atoms with E-state index >= 15 is 0 Å². The van der Waals surface area contributed by atoms with Crippen LogP contribution in [-0.2, 0) is 6.42 Å². The van der Waals surface area contributed by atoms with Crippen molar-refractivity contribution in [2.45, 2.75) is 38.1 Å². The summed E-state index contributed by atoms with van der Waals surface area (Å²) in [5.74, 6) is 0. The van der Waals surface area contributed by atoms with Crippen LogP contribution in [0.5, 0.6) is 0 Å². The zero-order valence-electron chi connectivity index (χ0n) is 10.6. The van der Waals surface area contributed by atoms with Crippen LogP contribution in [0.25, 0.3) is 0 Å². The summed E-state index contributed by atoms with van der Waals surface area (Å²) < 4.78 is 0. The highest BCUT2D eigenvalue weighted by molar-refractivity contribution is 5.14. The van der Waals surface area contributed by atoms with Crippen molar-refractivity contribution in [2.75, 3.05) is 19.6 Å². The van der Waals surface area contributed by atoms with E-state index in [1.165, 1.54) is 50.8 Å². The zero-order chi connectivity index (χ0) is 11.9. The number of nitrogens with zero attached hydrogens (tertiary/aromatic N) is 1. The largest absolute Gasteiger partial charge is 0.329 e. The van der Waals surface area contributed by atoms with Crippen LogP contribution in [0.3, 0.4) is 0 Å². The first-order valence-corrected chi connectivity index (χ1v) is 6.88. The summed E-state index contributed by atoms with van der Waals surface area (Å²) >= 11 is 0. The van der Waals surface area contributed by atoms with Crippen LogP contribution in [0, 0.1) is 0 Å². The van der Waals surface area contributed by atoms with Gasteiger partial charge in [0.05, 0.1) is 0 Å². The van der Waals surface area contributed by atoms with E-state index in [-0.39, 0.29) is 0 Å². The van der Waals surface area contributed by atoms with Crippen LogP contribution >= 0.6 is 0 Å². The van der Waals surface area contributed by atoms with Gasteiger partial charge in [0.15, 0.2) is 0 Å². The van der Waals surface area contributed by atoms with Crippen molar-refractivity contribution >= 4 is 0 Å². The molecule has 1 aliphatic rings. The van der Waals surface area contributed by atoms with Crippen molar-refractivity contribution in [2.24, 2.45) is 5.73 Å². The monoisotopic (exact) mass is 232 g/mol. The molecule has 0 radical (unpaired) electrons. The Kier molecular flexibility index (Phi) is 5.02. The van der Waals surface area contributed by atoms with Crippen LogP contribution in [0.2, 0.25) is 0 Å². The highest BCUT2D eigenvalue weighted by Gasteiger charge is 2.21. The van der Waals surface area contributed by atoms with Crippen molar-refractivity contribution in [3.63, 3.8) is 0 Å². The molecule has 2 heteroatoms. The second kappa shape index (κ2) is 6.77. The molecule has 1 aromatic carbocycles. The lowest BCUT2D eigenvalue weighted by Crippen LogP contribution is -2.36. The topological polar surface area (TPSA) is 29.3 Å². The molecule has 1 saturated heterocycles. The van der Waals surface area contributed by atoms with Gasteiger partial charge in [0.25, 0.3) is 0 Å². The maximum absolute atomic E-state index is 5.78. The Morgan fingerprint density at radius 1 is 1.18 bits per heavy atom. The number of nitrogens with two attached hydrogens (primary N) is 1. The highest BCUT2D eigenvalue weighted by Crippen LogP contribution is 2.17. The van der Waals surface area contributed by atoms with Crippen LogP contribution in [0.15, 0.2) is 30.3 Å². The summed E-state index contributed by atoms with van der Waals surface area (Å²) in [5.41, 5.74) is 7.24. The van der Waals surface area contributed by atoms with Gasteiger partial charge in [0, 0.05) is 12.6 Å². The predicted octanol–water partition coefficient (Wildman–Crippen LogP) is 2.43. The molecule has 1 aliphatic heterocycles. The number of unbranched alkanes of at least 4 members (excludes halogenated alkanes) is 1. The Morgan fingerprint density at radius 3 is 2.76 bits per heavy atom. The summed E-state index contributed by atoms with van der Waals surface area (Å²) in [4.78, 5) is 2.57. The van der Waals surface area contributed by atoms with Gasteiger partial charge in [0.1, 0.15) is 0 Å². The molecular weight excluding hydrogens is 208 g/mol. The second-order valence-electron chi connectivity index (χ2n) is 5.01. The molecule has 1 atom stereocenters. The predicted molar refractivity (Wildman–Crippen MR) is 73.0 cm³/mol. The average Bonchev–Trinajstić information content (AvgIpc) is 2.83. The molecule has 2 nitrogen and oxygen atoms in total. The summed E-state index contributed by atoms with van der Waals surface area (Å²) in [6.45, 7) is 3.32. The minimum atomic E-state index is 0.659. The van der Waals surface area contributed by atoms with E-state index in [1.54, 1.807) is 0 Å². The molecule has 1 heterocycles. The highest BCUT2D eigenvalue weighted by atomic mass is 15.2. The maximum atomic E-state index is 5.78. The van der Waals surface area contributed by atoms with Crippen LogP contribution in [0.4, 0.5) is 0 Å². The third-order valence-electron chi connectivity index (χ3n) is 3.77. The maximum Gasteiger partial charge on any atom is 0.0218 e. The lowest BCUT2D eigenvalue weighted by atomic mass is 10.1. The van der Waals surface area contributed by atoms with Crippen molar-refractivity contribution in [3.05, 3.63) is 35.9 Å². The van der Waals surface area contributed by atoms with Gasteiger partial charge >= 0.3 is 0 Å². The van der Waals surface area contributed by atoms with Gasteiger partial charge < -0.3 is 5.73 Å². The van der Waals surface area contributed by atoms with Crippen LogP contribution in [-0.4, -0.2) is 30.6 Å². The molecule has 94 valence electrons. The van der Waals surface area contributed by atoms with Crippen LogP contribution in [0.1, 0.15) is 31.2 Å². The summed E-state index contributed by atoms with van der Waals surface area (Å²) in [5, 5.41) is 0. The Hall–Kier alpha value is -0.860. The van der Waals surface area contributed by atoms with E-state index in [9.17, 15) is 0 Å². The first-order chi connectivity index (χ1) is 8.40. The number of likely N-dealkylation sites (tertiary alicyclic amines) is 1. The van der Waals surface area contributed by atoms with Crippen molar-refractivity contribution in [3.8, 4) is 0 Å². The molecule has 1 unspecified atom stereocenters. The molecule has 0 spiro atoms. The Morgan fingerprint density at radius 2 is 2.00 bits per heavy atom. The lowest BCUT2D eigenvalue weighted by molar-refractivity contribution is 0.253. The van der Waals surface area contributed by atoms with Crippen molar-refractivity contribution in [1.29, 1.82) is 0 Å². The quantitative estimate of drug-likeness (QED) is 0.763. The first-order valence-electron chi connectivity index (χ1n) is 6.88. The fraction of sp³-hybridized carbons (Fsp3) is 0.600. The fourth-order valence-electron chi connectivity index (χ4n) is 2.75. The Bertz CT molecular complexity index is 310. The minimum Gasteiger partial charge on any atom is -0.329 e. The molecule has 0 aliphatic carbocycles. The second-order valence-corrected chi connectivity index (χ2v) is 5.01. The first kappa shape index (κ1) is 12.6. The smallest absolute Gasteiger partial charge is 0.0218 e. The summed E-state index contributed by atoms with van der Waals surface area (Å²) in [6.07, 6.45) is 6.43. The van der Waals surface area contributed by atoms with E-state index in [2.05, 4.69) is 35.2 Å². The third kappa shape index (κ3) is 3.83. The summed E-state index contributed by atoms with van der Waals surface area (Å²) in [6, 6.07) is 11.4. The molecular formula is C15H24N2. The number of rotatable bonds is 6. The van der Waals surface area contributed by atoms with E-state index in [0.29, 0.717) is 6.04 Å². The lowest BCUT2D eigenvalue weighted by Gasteiger charge is -2.22. The number of benzene rings is 1. The van der Waals surface area contributed by atoms with E-state index < -0.39 is 0 Å². The van der Waals surface area contributed by atoms with Gasteiger partial charge in [-0.2, -0.15) is 0 Å². The number of aryl methyl sites for hydroxylation is 1.